The van der Waals surface area contributed by atoms with Crippen molar-refractivity contribution in [2.75, 3.05) is 6.61 Å². The highest BCUT2D eigenvalue weighted by atomic mass is 16.6. The van der Waals surface area contributed by atoms with Gasteiger partial charge in [-0.15, -0.1) is 0 Å². The molecule has 0 fully saturated rings. The van der Waals surface area contributed by atoms with Crippen molar-refractivity contribution in [2.45, 2.75) is 65.4 Å². The zero-order valence-electron chi connectivity index (χ0n) is 19.9. The Kier molecular flexibility index (Phi) is 9.43. The molecule has 5 heteroatoms. The Hall–Kier alpha value is -3.21. The van der Waals surface area contributed by atoms with E-state index in [4.69, 9.17) is 9.47 Å². The molecule has 1 aromatic heterocycles. The summed E-state index contributed by atoms with van der Waals surface area (Å²) in [6.45, 7) is 6.43. The summed E-state index contributed by atoms with van der Waals surface area (Å²) in [7, 11) is 0. The second kappa shape index (κ2) is 12.7. The molecule has 0 spiro atoms. The molecule has 174 valence electrons. The van der Waals surface area contributed by atoms with Crippen LogP contribution in [0, 0.1) is 0 Å². The number of esters is 1. The summed E-state index contributed by atoms with van der Waals surface area (Å²) in [5, 5.41) is 0. The van der Waals surface area contributed by atoms with Gasteiger partial charge in [-0.2, -0.15) is 0 Å². The maximum Gasteiger partial charge on any atom is 0.306 e. The molecular weight excluding hydrogens is 412 g/mol. The summed E-state index contributed by atoms with van der Waals surface area (Å²) in [5.74, 6) is 1.34. The van der Waals surface area contributed by atoms with Crippen molar-refractivity contribution in [3.63, 3.8) is 0 Å². The molecule has 0 aliphatic heterocycles. The molecule has 0 N–H and O–H groups in total. The van der Waals surface area contributed by atoms with Gasteiger partial charge in [-0.3, -0.25) is 4.79 Å². The molecule has 3 aromatic rings. The predicted molar refractivity (Wildman–Crippen MR) is 132 cm³/mol. The number of aryl methyl sites for hydroxylation is 1. The van der Waals surface area contributed by atoms with Crippen LogP contribution in [0.25, 0.3) is 22.5 Å². The van der Waals surface area contributed by atoms with E-state index in [2.05, 4.69) is 48.1 Å². The normalized spacial score (nSPS) is 11.7. The summed E-state index contributed by atoms with van der Waals surface area (Å²) >= 11 is 0. The number of nitrogens with zero attached hydrogens (tertiary/aromatic N) is 2. The number of rotatable bonds is 12. The van der Waals surface area contributed by atoms with Crippen molar-refractivity contribution in [1.82, 2.24) is 9.97 Å². The molecule has 2 aromatic carbocycles. The van der Waals surface area contributed by atoms with Crippen LogP contribution in [0.2, 0.25) is 0 Å². The molecule has 0 saturated carbocycles. The van der Waals surface area contributed by atoms with Gasteiger partial charge in [0.25, 0.3) is 0 Å². The molecule has 0 saturated heterocycles. The summed E-state index contributed by atoms with van der Waals surface area (Å²) in [5.41, 5.74) is 4.40. The monoisotopic (exact) mass is 446 g/mol. The zero-order chi connectivity index (χ0) is 23.5. The molecule has 0 unspecified atom stereocenters. The molecule has 0 bridgehead atoms. The minimum Gasteiger partial charge on any atom is -0.490 e. The van der Waals surface area contributed by atoms with Crippen LogP contribution in [-0.4, -0.2) is 28.6 Å². The molecular formula is C28H34N2O3. The fraction of sp³-hybridized carbons (Fsp3) is 0.393. The van der Waals surface area contributed by atoms with Crippen molar-refractivity contribution >= 4 is 5.97 Å². The van der Waals surface area contributed by atoms with E-state index in [1.807, 2.05) is 43.6 Å². The lowest BCUT2D eigenvalue weighted by molar-refractivity contribution is -0.149. The van der Waals surface area contributed by atoms with Crippen LogP contribution in [0.3, 0.4) is 0 Å². The van der Waals surface area contributed by atoms with Gasteiger partial charge in [-0.25, -0.2) is 9.97 Å². The maximum atomic E-state index is 11.7. The molecule has 0 aliphatic rings. The Morgan fingerprint density at radius 3 is 2.03 bits per heavy atom. The zero-order valence-corrected chi connectivity index (χ0v) is 19.9. The summed E-state index contributed by atoms with van der Waals surface area (Å²) in [6, 6.07) is 16.2. The fourth-order valence-corrected chi connectivity index (χ4v) is 3.42. The van der Waals surface area contributed by atoms with E-state index in [1.54, 1.807) is 0 Å². The van der Waals surface area contributed by atoms with Gasteiger partial charge in [-0.1, -0.05) is 63.1 Å². The lowest BCUT2D eigenvalue weighted by Crippen LogP contribution is -2.21. The maximum absolute atomic E-state index is 11.7. The number of unbranched alkanes of at least 4 members (excludes halogenated alkanes) is 2. The average molecular weight is 447 g/mol. The van der Waals surface area contributed by atoms with E-state index in [-0.39, 0.29) is 12.1 Å². The summed E-state index contributed by atoms with van der Waals surface area (Å²) in [4.78, 5) is 20.8. The van der Waals surface area contributed by atoms with Gasteiger partial charge in [0.2, 0.25) is 0 Å². The largest absolute Gasteiger partial charge is 0.490 e. The van der Waals surface area contributed by atoms with Gasteiger partial charge in [0.15, 0.2) is 5.82 Å². The highest BCUT2D eigenvalue weighted by molar-refractivity contribution is 5.69. The molecule has 1 heterocycles. The number of carbonyl (C=O) groups is 1. The summed E-state index contributed by atoms with van der Waals surface area (Å²) < 4.78 is 11.1. The van der Waals surface area contributed by atoms with Crippen molar-refractivity contribution < 1.29 is 14.3 Å². The quantitative estimate of drug-likeness (QED) is 0.291. The third-order valence-electron chi connectivity index (χ3n) is 5.41. The first-order valence-corrected chi connectivity index (χ1v) is 11.9. The number of hydrogen-bond donors (Lipinski definition) is 0. The van der Waals surface area contributed by atoms with E-state index in [0.717, 1.165) is 53.9 Å². The second-order valence-electron chi connectivity index (χ2n) is 8.34. The van der Waals surface area contributed by atoms with E-state index in [9.17, 15) is 4.79 Å². The van der Waals surface area contributed by atoms with E-state index < -0.39 is 0 Å². The second-order valence-corrected chi connectivity index (χ2v) is 8.34. The van der Waals surface area contributed by atoms with Crippen molar-refractivity contribution in [3.8, 4) is 28.3 Å². The molecule has 0 aliphatic carbocycles. The first kappa shape index (κ1) is 24.4. The fourth-order valence-electron chi connectivity index (χ4n) is 3.42. The number of ether oxygens (including phenoxy) is 2. The highest BCUT2D eigenvalue weighted by Crippen LogP contribution is 2.25. The van der Waals surface area contributed by atoms with Crippen LogP contribution in [0.5, 0.6) is 5.75 Å². The van der Waals surface area contributed by atoms with Gasteiger partial charge in [0, 0.05) is 24.4 Å². The molecule has 5 nitrogen and oxygen atoms in total. The Morgan fingerprint density at radius 2 is 1.42 bits per heavy atom. The van der Waals surface area contributed by atoms with Crippen LogP contribution < -0.4 is 4.74 Å². The van der Waals surface area contributed by atoms with Gasteiger partial charge < -0.3 is 9.47 Å². The highest BCUT2D eigenvalue weighted by Gasteiger charge is 2.10. The van der Waals surface area contributed by atoms with Gasteiger partial charge in [0.1, 0.15) is 18.5 Å². The van der Waals surface area contributed by atoms with Crippen LogP contribution in [0.4, 0.5) is 0 Å². The lowest BCUT2D eigenvalue weighted by Gasteiger charge is -2.14. The molecule has 0 radical (unpaired) electrons. The smallest absolute Gasteiger partial charge is 0.306 e. The Balaban J connectivity index is 1.53. The van der Waals surface area contributed by atoms with Crippen LogP contribution >= 0.6 is 0 Å². The van der Waals surface area contributed by atoms with Crippen molar-refractivity contribution in [2.24, 2.45) is 0 Å². The van der Waals surface area contributed by atoms with Gasteiger partial charge >= 0.3 is 5.97 Å². The van der Waals surface area contributed by atoms with E-state index in [0.29, 0.717) is 13.0 Å². The third-order valence-corrected chi connectivity index (χ3v) is 5.41. The van der Waals surface area contributed by atoms with Crippen LogP contribution in [0.1, 0.15) is 58.4 Å². The average Bonchev–Trinajstić information content (AvgIpc) is 2.86. The minimum atomic E-state index is -0.274. The molecule has 33 heavy (non-hydrogen) atoms. The SMILES string of the molecule is CCCCC(=O)O[C@H](C)COc1ccc(-c2ccc(-c3ncc(CCCC)cn3)cc2)cc1. The number of carbonyl (C=O) groups excluding carboxylic acids is 1. The first-order valence-electron chi connectivity index (χ1n) is 11.9. The van der Waals surface area contributed by atoms with E-state index >= 15 is 0 Å². The Labute approximate surface area is 197 Å². The molecule has 3 rings (SSSR count). The van der Waals surface area contributed by atoms with Gasteiger partial charge in [0.05, 0.1) is 0 Å². The summed E-state index contributed by atoms with van der Waals surface area (Å²) in [6.07, 6.45) is 9.24. The molecule has 1 atom stereocenters. The number of benzene rings is 2. The van der Waals surface area contributed by atoms with Crippen LogP contribution in [0.15, 0.2) is 60.9 Å². The first-order chi connectivity index (χ1) is 16.1. The Morgan fingerprint density at radius 1 is 0.848 bits per heavy atom. The van der Waals surface area contributed by atoms with Crippen molar-refractivity contribution in [1.29, 1.82) is 0 Å². The Bertz CT molecular complexity index is 983. The molecule has 0 amide bonds. The predicted octanol–water partition coefficient (Wildman–Crippen LogP) is 6.65. The van der Waals surface area contributed by atoms with E-state index in [1.165, 1.54) is 12.0 Å². The standard InChI is InChI=1S/C28H34N2O3/c1-4-6-8-22-18-29-28(30-19-22)25-12-10-23(11-13-25)24-14-16-26(17-15-24)32-20-21(3)33-27(31)9-7-5-2/h10-19,21H,4-9,20H2,1-3H3/t21-/m1/s1. The third kappa shape index (κ3) is 7.70. The lowest BCUT2D eigenvalue weighted by atomic mass is 10.0. The van der Waals surface area contributed by atoms with Gasteiger partial charge in [-0.05, 0) is 55.0 Å². The minimum absolute atomic E-state index is 0.162. The van der Waals surface area contributed by atoms with Crippen LogP contribution in [-0.2, 0) is 16.0 Å². The van der Waals surface area contributed by atoms with Crippen molar-refractivity contribution in [3.05, 3.63) is 66.5 Å². The topological polar surface area (TPSA) is 61.3 Å². The number of hydrogen-bond acceptors (Lipinski definition) is 5. The number of aromatic nitrogens is 2.